The van der Waals surface area contributed by atoms with Gasteiger partial charge in [0.2, 0.25) is 6.23 Å². The molecule has 1 amide bonds. The molecule has 1 fully saturated rings. The van der Waals surface area contributed by atoms with Crippen molar-refractivity contribution in [3.05, 3.63) is 29.8 Å². The van der Waals surface area contributed by atoms with E-state index >= 15 is 0 Å². The molecule has 0 spiro atoms. The molecule has 2 heterocycles. The molecule has 2 aliphatic rings. The van der Waals surface area contributed by atoms with E-state index in [2.05, 4.69) is 5.16 Å². The quantitative estimate of drug-likeness (QED) is 0.786. The summed E-state index contributed by atoms with van der Waals surface area (Å²) in [5.41, 5.74) is 0.818. The molecule has 1 aromatic carbocycles. The summed E-state index contributed by atoms with van der Waals surface area (Å²) in [6.07, 6.45) is 0.979. The van der Waals surface area contributed by atoms with Gasteiger partial charge in [-0.15, -0.1) is 0 Å². The summed E-state index contributed by atoms with van der Waals surface area (Å²) in [6, 6.07) is 6.91. The maximum absolute atomic E-state index is 12.8. The lowest BCUT2D eigenvalue weighted by atomic mass is 9.91. The minimum absolute atomic E-state index is 0.146. The molecule has 0 saturated carbocycles. The van der Waals surface area contributed by atoms with Crippen LogP contribution in [0.3, 0.4) is 0 Å². The Morgan fingerprint density at radius 2 is 2.08 bits per heavy atom. The van der Waals surface area contributed by atoms with Crippen molar-refractivity contribution in [1.29, 1.82) is 0 Å². The minimum atomic E-state index is -0.548. The summed E-state index contributed by atoms with van der Waals surface area (Å²) >= 11 is 0. The minimum Gasteiger partial charge on any atom is -0.497 e. The van der Waals surface area contributed by atoms with Gasteiger partial charge in [-0.1, -0.05) is 5.16 Å². The molecule has 0 N–H and O–H groups in total. The van der Waals surface area contributed by atoms with E-state index in [-0.39, 0.29) is 24.1 Å². The lowest BCUT2D eigenvalue weighted by Gasteiger charge is -2.35. The average molecular weight is 332 g/mol. The van der Waals surface area contributed by atoms with Crippen molar-refractivity contribution < 1.29 is 23.9 Å². The molecule has 2 atom stereocenters. The van der Waals surface area contributed by atoms with Crippen molar-refractivity contribution in [3.63, 3.8) is 0 Å². The summed E-state index contributed by atoms with van der Waals surface area (Å²) in [7, 11) is 1.58. The Hall–Kier alpha value is -2.57. The summed E-state index contributed by atoms with van der Waals surface area (Å²) < 4.78 is 10.1. The SMILES string of the molecule is CCOC(=O)C1=NO[C@@H]2[C@H]1CCCN2C(=O)c1ccc(OC)cc1. The number of oxime groups is 1. The van der Waals surface area contributed by atoms with Crippen molar-refractivity contribution in [1.82, 2.24) is 4.90 Å². The van der Waals surface area contributed by atoms with Crippen LogP contribution in [0, 0.1) is 5.92 Å². The number of likely N-dealkylation sites (tertiary alicyclic amines) is 1. The maximum Gasteiger partial charge on any atom is 0.356 e. The number of methoxy groups -OCH3 is 1. The summed E-state index contributed by atoms with van der Waals surface area (Å²) in [4.78, 5) is 31.8. The van der Waals surface area contributed by atoms with E-state index in [0.717, 1.165) is 12.8 Å². The normalized spacial score (nSPS) is 22.2. The molecular formula is C17H20N2O5. The van der Waals surface area contributed by atoms with Gasteiger partial charge in [0.05, 0.1) is 19.6 Å². The molecule has 7 heteroatoms. The Morgan fingerprint density at radius 3 is 2.75 bits per heavy atom. The Balaban J connectivity index is 1.75. The first-order chi connectivity index (χ1) is 11.7. The Bertz CT molecular complexity index is 655. The fourth-order valence-electron chi connectivity index (χ4n) is 3.06. The molecule has 1 saturated heterocycles. The third kappa shape index (κ3) is 2.93. The zero-order chi connectivity index (χ0) is 17.1. The van der Waals surface area contributed by atoms with Crippen LogP contribution in [0.5, 0.6) is 5.75 Å². The van der Waals surface area contributed by atoms with E-state index in [9.17, 15) is 9.59 Å². The van der Waals surface area contributed by atoms with Crippen LogP contribution in [0.25, 0.3) is 0 Å². The molecule has 0 aliphatic carbocycles. The van der Waals surface area contributed by atoms with Crippen LogP contribution in [-0.4, -0.2) is 49.0 Å². The number of esters is 1. The first-order valence-corrected chi connectivity index (χ1v) is 8.01. The number of amides is 1. The molecule has 7 nitrogen and oxygen atoms in total. The topological polar surface area (TPSA) is 77.4 Å². The van der Waals surface area contributed by atoms with Crippen LogP contribution < -0.4 is 4.74 Å². The van der Waals surface area contributed by atoms with Gasteiger partial charge in [0, 0.05) is 12.1 Å². The van der Waals surface area contributed by atoms with Crippen LogP contribution in [-0.2, 0) is 14.4 Å². The molecule has 0 aromatic heterocycles. The van der Waals surface area contributed by atoms with Gasteiger partial charge >= 0.3 is 5.97 Å². The number of hydrogen-bond donors (Lipinski definition) is 0. The van der Waals surface area contributed by atoms with Crippen molar-refractivity contribution in [2.24, 2.45) is 11.1 Å². The van der Waals surface area contributed by atoms with Crippen LogP contribution in [0.15, 0.2) is 29.4 Å². The molecule has 3 rings (SSSR count). The number of hydrogen-bond acceptors (Lipinski definition) is 6. The second kappa shape index (κ2) is 6.90. The van der Waals surface area contributed by atoms with Crippen LogP contribution in [0.1, 0.15) is 30.1 Å². The molecule has 24 heavy (non-hydrogen) atoms. The third-order valence-corrected chi connectivity index (χ3v) is 4.26. The van der Waals surface area contributed by atoms with Crippen LogP contribution in [0.2, 0.25) is 0 Å². The van der Waals surface area contributed by atoms with Crippen molar-refractivity contribution >= 4 is 17.6 Å². The lowest BCUT2D eigenvalue weighted by molar-refractivity contribution is -0.135. The fourth-order valence-corrected chi connectivity index (χ4v) is 3.06. The van der Waals surface area contributed by atoms with E-state index in [1.807, 2.05) is 0 Å². The van der Waals surface area contributed by atoms with Crippen molar-refractivity contribution in [3.8, 4) is 5.75 Å². The van der Waals surface area contributed by atoms with Gasteiger partial charge in [-0.25, -0.2) is 4.79 Å². The van der Waals surface area contributed by atoms with Gasteiger partial charge in [0.25, 0.3) is 5.91 Å². The number of ether oxygens (including phenoxy) is 2. The Labute approximate surface area is 140 Å². The van der Waals surface area contributed by atoms with Gasteiger partial charge in [0.1, 0.15) is 5.75 Å². The zero-order valence-corrected chi connectivity index (χ0v) is 13.7. The smallest absolute Gasteiger partial charge is 0.356 e. The molecule has 128 valence electrons. The second-order valence-electron chi connectivity index (χ2n) is 5.67. The van der Waals surface area contributed by atoms with Crippen molar-refractivity contribution in [2.45, 2.75) is 26.0 Å². The molecule has 0 unspecified atom stereocenters. The van der Waals surface area contributed by atoms with E-state index in [4.69, 9.17) is 14.3 Å². The highest BCUT2D eigenvalue weighted by atomic mass is 16.7. The lowest BCUT2D eigenvalue weighted by Crippen LogP contribution is -2.49. The number of nitrogens with zero attached hydrogens (tertiary/aromatic N) is 2. The van der Waals surface area contributed by atoms with Gasteiger partial charge in [-0.2, -0.15) is 0 Å². The third-order valence-electron chi connectivity index (χ3n) is 4.26. The van der Waals surface area contributed by atoms with Gasteiger partial charge in [-0.05, 0) is 44.0 Å². The number of piperidine rings is 1. The number of fused-ring (bicyclic) bond motifs is 1. The standard InChI is InChI=1S/C17H20N2O5/c1-3-23-17(21)14-13-5-4-10-19(16(13)24-18-14)15(20)11-6-8-12(22-2)9-7-11/h6-9,13,16H,3-5,10H2,1-2H3/t13-,16+/m0/s1. The van der Waals surface area contributed by atoms with E-state index in [0.29, 0.717) is 17.9 Å². The molecular weight excluding hydrogens is 312 g/mol. The van der Waals surface area contributed by atoms with Gasteiger partial charge < -0.3 is 19.2 Å². The first kappa shape index (κ1) is 16.3. The van der Waals surface area contributed by atoms with E-state index in [1.165, 1.54) is 0 Å². The fraction of sp³-hybridized carbons (Fsp3) is 0.471. The molecule has 0 bridgehead atoms. The number of benzene rings is 1. The predicted octanol–water partition coefficient (Wildman–Crippen LogP) is 1.82. The van der Waals surface area contributed by atoms with Gasteiger partial charge in [0.15, 0.2) is 5.71 Å². The zero-order valence-electron chi connectivity index (χ0n) is 13.7. The summed E-state index contributed by atoms with van der Waals surface area (Å²) in [5, 5.41) is 3.88. The summed E-state index contributed by atoms with van der Waals surface area (Å²) in [5.74, 6) is -0.162. The number of rotatable bonds is 4. The molecule has 0 radical (unpaired) electrons. The van der Waals surface area contributed by atoms with E-state index in [1.54, 1.807) is 43.2 Å². The second-order valence-corrected chi connectivity index (χ2v) is 5.67. The van der Waals surface area contributed by atoms with E-state index < -0.39 is 12.2 Å². The van der Waals surface area contributed by atoms with Crippen LogP contribution in [0.4, 0.5) is 0 Å². The average Bonchev–Trinajstić information content (AvgIpc) is 3.05. The molecule has 1 aromatic rings. The number of carbonyl (C=O) groups excluding carboxylic acids is 2. The predicted molar refractivity (Wildman–Crippen MR) is 85.7 cm³/mol. The highest BCUT2D eigenvalue weighted by Gasteiger charge is 2.46. The van der Waals surface area contributed by atoms with Gasteiger partial charge in [-0.3, -0.25) is 4.79 Å². The Morgan fingerprint density at radius 1 is 1.33 bits per heavy atom. The number of carbonyl (C=O) groups is 2. The summed E-state index contributed by atoms with van der Waals surface area (Å²) in [6.45, 7) is 2.59. The largest absolute Gasteiger partial charge is 0.497 e. The molecule has 2 aliphatic heterocycles. The van der Waals surface area contributed by atoms with Crippen LogP contribution >= 0.6 is 0 Å². The Kier molecular flexibility index (Phi) is 4.69. The monoisotopic (exact) mass is 332 g/mol. The first-order valence-electron chi connectivity index (χ1n) is 8.01. The maximum atomic E-state index is 12.8. The highest BCUT2D eigenvalue weighted by Crippen LogP contribution is 2.32. The van der Waals surface area contributed by atoms with Crippen molar-refractivity contribution in [2.75, 3.05) is 20.3 Å². The highest BCUT2D eigenvalue weighted by molar-refractivity contribution is 6.37.